The summed E-state index contributed by atoms with van der Waals surface area (Å²) in [6.45, 7) is 6.05. The van der Waals surface area contributed by atoms with Gasteiger partial charge in [-0.25, -0.2) is 18.4 Å². The Bertz CT molecular complexity index is 1770. The Hall–Kier alpha value is -3.76. The van der Waals surface area contributed by atoms with E-state index in [1.807, 2.05) is 32.9 Å². The van der Waals surface area contributed by atoms with Crippen molar-refractivity contribution < 1.29 is 17.9 Å². The largest absolute Gasteiger partial charge is 0.492 e. The van der Waals surface area contributed by atoms with Crippen LogP contribution in [0.25, 0.3) is 22.0 Å². The number of sulfone groups is 1. The number of H-pyrrole nitrogens is 1. The van der Waals surface area contributed by atoms with Gasteiger partial charge in [0.05, 0.1) is 39.3 Å². The molecule has 208 valence electrons. The minimum Gasteiger partial charge on any atom is -0.492 e. The van der Waals surface area contributed by atoms with E-state index in [1.165, 1.54) is 18.6 Å². The molecular formula is C29H29ClN4O5S. The highest BCUT2D eigenvalue weighted by Gasteiger charge is 2.31. The number of amides is 1. The number of carbonyl (C=O) groups excluding carboxylic acids is 1. The minimum atomic E-state index is -3.15. The number of halogens is 1. The summed E-state index contributed by atoms with van der Waals surface area (Å²) in [6.07, 6.45) is 4.35. The van der Waals surface area contributed by atoms with Gasteiger partial charge in [0.2, 0.25) is 0 Å². The molecule has 0 radical (unpaired) electrons. The summed E-state index contributed by atoms with van der Waals surface area (Å²) < 4.78 is 31.1. The van der Waals surface area contributed by atoms with Crippen LogP contribution >= 0.6 is 11.6 Å². The summed E-state index contributed by atoms with van der Waals surface area (Å²) in [7, 11) is -3.15. The van der Waals surface area contributed by atoms with Crippen molar-refractivity contribution in [3.63, 3.8) is 0 Å². The van der Waals surface area contributed by atoms with Crippen LogP contribution in [0.1, 0.15) is 46.3 Å². The number of carbonyl (C=O) groups is 1. The van der Waals surface area contributed by atoms with Gasteiger partial charge in [-0.1, -0.05) is 23.7 Å². The van der Waals surface area contributed by atoms with Gasteiger partial charge >= 0.3 is 0 Å². The highest BCUT2D eigenvalue weighted by Crippen LogP contribution is 2.37. The van der Waals surface area contributed by atoms with E-state index >= 15 is 0 Å². The fraction of sp³-hybridized carbons (Fsp3) is 0.310. The third kappa shape index (κ3) is 5.46. The Balaban J connectivity index is 1.63. The number of ether oxygens (including phenoxy) is 1. The quantitative estimate of drug-likeness (QED) is 0.308. The molecule has 1 aliphatic heterocycles. The number of pyridine rings is 1. The lowest BCUT2D eigenvalue weighted by Gasteiger charge is -2.18. The number of benzene rings is 2. The molecule has 11 heteroatoms. The maximum Gasteiger partial charge on any atom is 0.260 e. The van der Waals surface area contributed by atoms with Crippen LogP contribution in [0.5, 0.6) is 5.75 Å². The predicted octanol–water partition coefficient (Wildman–Crippen LogP) is 5.16. The molecule has 40 heavy (non-hydrogen) atoms. The number of rotatable bonds is 7. The molecule has 2 aromatic heterocycles. The molecule has 1 amide bonds. The summed E-state index contributed by atoms with van der Waals surface area (Å²) >= 11 is 6.48. The third-order valence-corrected chi connectivity index (χ3v) is 10.1. The number of aryl methyl sites for hydroxylation is 2. The molecule has 2 aromatic carbocycles. The van der Waals surface area contributed by atoms with E-state index in [0.717, 1.165) is 16.7 Å². The fourth-order valence-corrected chi connectivity index (χ4v) is 7.21. The van der Waals surface area contributed by atoms with Crippen molar-refractivity contribution in [1.29, 1.82) is 0 Å². The van der Waals surface area contributed by atoms with Crippen molar-refractivity contribution in [2.24, 2.45) is 0 Å². The van der Waals surface area contributed by atoms with Crippen molar-refractivity contribution in [3.8, 4) is 16.9 Å². The molecule has 0 saturated carbocycles. The van der Waals surface area contributed by atoms with Crippen LogP contribution in [0, 0.1) is 20.8 Å². The van der Waals surface area contributed by atoms with Gasteiger partial charge in [-0.3, -0.25) is 9.59 Å². The van der Waals surface area contributed by atoms with Crippen LogP contribution in [0.4, 0.5) is 5.82 Å². The van der Waals surface area contributed by atoms with Crippen LogP contribution in [0.3, 0.4) is 0 Å². The first-order valence-corrected chi connectivity index (χ1v) is 15.0. The standard InChI is InChI=1S/C29H29ClN4O5S/c1-16-11-19(12-17(2)18(16)3)26-27(39-9-7-20-5-4-10-40(20,37)38)22-13-21(23(30)14-24(22)33-29(26)36)28(35)34-25-6-8-31-15-32-25/h6,8,11-15,20H,4-5,7,9-10H2,1-3H3,(H,33,36)(H,31,32,34,35). The summed E-state index contributed by atoms with van der Waals surface area (Å²) in [5, 5.41) is 2.82. The normalized spacial score (nSPS) is 16.2. The van der Waals surface area contributed by atoms with Crippen LogP contribution < -0.4 is 15.6 Å². The van der Waals surface area contributed by atoms with E-state index in [4.69, 9.17) is 16.3 Å². The van der Waals surface area contributed by atoms with Crippen LogP contribution in [-0.4, -0.2) is 46.9 Å². The van der Waals surface area contributed by atoms with E-state index in [0.29, 0.717) is 47.1 Å². The smallest absolute Gasteiger partial charge is 0.260 e. The SMILES string of the molecule is Cc1cc(-c2c(OCCC3CCCS3(=O)=O)c3cc(C(=O)Nc4ccncn4)c(Cl)cc3[nH]c2=O)cc(C)c1C. The zero-order chi connectivity index (χ0) is 28.6. The molecule has 0 bridgehead atoms. The fourth-order valence-electron chi connectivity index (χ4n) is 5.08. The molecule has 2 N–H and O–H groups in total. The number of aromatic nitrogens is 3. The van der Waals surface area contributed by atoms with E-state index in [9.17, 15) is 18.0 Å². The molecule has 1 unspecified atom stereocenters. The third-order valence-electron chi connectivity index (χ3n) is 7.49. The summed E-state index contributed by atoms with van der Waals surface area (Å²) in [5.41, 5.74) is 4.27. The highest BCUT2D eigenvalue weighted by atomic mass is 35.5. The van der Waals surface area contributed by atoms with Crippen molar-refractivity contribution >= 4 is 44.1 Å². The number of hydrogen-bond donors (Lipinski definition) is 2. The second-order valence-corrected chi connectivity index (χ2v) is 12.9. The Morgan fingerprint density at radius 3 is 2.58 bits per heavy atom. The van der Waals surface area contributed by atoms with Crippen molar-refractivity contribution in [2.75, 3.05) is 17.7 Å². The van der Waals surface area contributed by atoms with Gasteiger partial charge in [0.25, 0.3) is 11.5 Å². The molecular weight excluding hydrogens is 552 g/mol. The van der Waals surface area contributed by atoms with E-state index in [2.05, 4.69) is 20.3 Å². The number of fused-ring (bicyclic) bond motifs is 1. The average molecular weight is 581 g/mol. The van der Waals surface area contributed by atoms with Crippen molar-refractivity contribution in [2.45, 2.75) is 45.3 Å². The predicted molar refractivity (Wildman–Crippen MR) is 156 cm³/mol. The summed E-state index contributed by atoms with van der Waals surface area (Å²) in [6, 6.07) is 8.48. The zero-order valence-electron chi connectivity index (χ0n) is 22.4. The van der Waals surface area contributed by atoms with E-state index in [1.54, 1.807) is 12.1 Å². The number of anilines is 1. The maximum atomic E-state index is 13.5. The van der Waals surface area contributed by atoms with Crippen LogP contribution in [0.2, 0.25) is 5.02 Å². The van der Waals surface area contributed by atoms with E-state index < -0.39 is 21.0 Å². The highest BCUT2D eigenvalue weighted by molar-refractivity contribution is 7.92. The minimum absolute atomic E-state index is 0.0877. The van der Waals surface area contributed by atoms with Gasteiger partial charge in [0.15, 0.2) is 9.84 Å². The Kier molecular flexibility index (Phi) is 7.65. The molecule has 5 rings (SSSR count). The molecule has 4 aromatic rings. The first-order valence-electron chi connectivity index (χ1n) is 12.9. The van der Waals surface area contributed by atoms with Crippen molar-refractivity contribution in [1.82, 2.24) is 15.0 Å². The van der Waals surface area contributed by atoms with E-state index in [-0.39, 0.29) is 34.3 Å². The van der Waals surface area contributed by atoms with Gasteiger partial charge in [0.1, 0.15) is 17.9 Å². The summed E-state index contributed by atoms with van der Waals surface area (Å²) in [5.74, 6) is 0.258. The lowest BCUT2D eigenvalue weighted by Crippen LogP contribution is -2.20. The molecule has 0 aliphatic carbocycles. The lowest BCUT2D eigenvalue weighted by molar-refractivity contribution is 0.102. The first-order chi connectivity index (χ1) is 19.0. The molecule has 9 nitrogen and oxygen atoms in total. The Morgan fingerprint density at radius 2 is 1.93 bits per heavy atom. The monoisotopic (exact) mass is 580 g/mol. The molecule has 0 spiro atoms. The second kappa shape index (κ2) is 11.0. The molecule has 1 aliphatic rings. The number of nitrogens with zero attached hydrogens (tertiary/aromatic N) is 2. The molecule has 1 atom stereocenters. The van der Waals surface area contributed by atoms with Crippen LogP contribution in [-0.2, 0) is 9.84 Å². The number of aromatic amines is 1. The molecule has 1 saturated heterocycles. The van der Waals surface area contributed by atoms with Gasteiger partial charge < -0.3 is 15.0 Å². The Labute approximate surface area is 236 Å². The molecule has 1 fully saturated rings. The lowest BCUT2D eigenvalue weighted by atomic mass is 9.95. The number of hydrogen-bond acceptors (Lipinski definition) is 7. The maximum absolute atomic E-state index is 13.5. The van der Waals surface area contributed by atoms with Crippen molar-refractivity contribution in [3.05, 3.63) is 80.5 Å². The average Bonchev–Trinajstić information content (AvgIpc) is 3.24. The molecule has 3 heterocycles. The van der Waals surface area contributed by atoms with Gasteiger partial charge in [-0.15, -0.1) is 0 Å². The zero-order valence-corrected chi connectivity index (χ0v) is 23.9. The topological polar surface area (TPSA) is 131 Å². The Morgan fingerprint density at radius 1 is 1.18 bits per heavy atom. The van der Waals surface area contributed by atoms with Crippen LogP contribution in [0.15, 0.2) is 47.7 Å². The van der Waals surface area contributed by atoms with Gasteiger partial charge in [-0.2, -0.15) is 0 Å². The first kappa shape index (κ1) is 27.8. The summed E-state index contributed by atoms with van der Waals surface area (Å²) in [4.78, 5) is 37.4. The van der Waals surface area contributed by atoms with Gasteiger partial charge in [0, 0.05) is 11.6 Å². The number of nitrogens with one attached hydrogen (secondary N) is 2. The second-order valence-electron chi connectivity index (χ2n) is 10.1. The van der Waals surface area contributed by atoms with Gasteiger partial charge in [-0.05, 0) is 80.5 Å².